The van der Waals surface area contributed by atoms with Crippen molar-refractivity contribution in [2.45, 2.75) is 0 Å². The third-order valence-corrected chi connectivity index (χ3v) is 11.5. The molecule has 0 spiro atoms. The maximum absolute atomic E-state index is 10.4. The van der Waals surface area contributed by atoms with Crippen molar-refractivity contribution < 1.29 is 4.42 Å². The Morgan fingerprint density at radius 3 is 1.62 bits per heavy atom. The van der Waals surface area contributed by atoms with E-state index in [0.29, 0.717) is 28.9 Å². The van der Waals surface area contributed by atoms with Gasteiger partial charge in [0.05, 0.1) is 11.6 Å². The molecule has 0 unspecified atom stereocenters. The molecule has 11 rings (SSSR count). The number of oxazole rings is 1. The first-order valence-corrected chi connectivity index (χ1v) is 20.8. The third-order valence-electron chi connectivity index (χ3n) is 11.5. The normalized spacial score (nSPS) is 11.2. The Morgan fingerprint density at radius 1 is 0.365 bits per heavy atom. The summed E-state index contributed by atoms with van der Waals surface area (Å²) in [7, 11) is 0. The fourth-order valence-corrected chi connectivity index (χ4v) is 8.50. The highest BCUT2D eigenvalue weighted by molar-refractivity contribution is 6.04. The van der Waals surface area contributed by atoms with E-state index in [1.807, 2.05) is 127 Å². The maximum atomic E-state index is 10.4. The number of nitriles is 1. The Bertz CT molecular complexity index is 3480. The first kappa shape index (κ1) is 37.2. The maximum Gasteiger partial charge on any atom is 0.227 e. The second-order valence-corrected chi connectivity index (χ2v) is 15.2. The van der Waals surface area contributed by atoms with Gasteiger partial charge in [0.1, 0.15) is 5.52 Å². The molecule has 0 radical (unpaired) electrons. The van der Waals surface area contributed by atoms with Gasteiger partial charge < -0.3 is 4.42 Å². The van der Waals surface area contributed by atoms with Crippen molar-refractivity contribution in [3.63, 3.8) is 0 Å². The van der Waals surface area contributed by atoms with Crippen LogP contribution in [0.4, 0.5) is 0 Å². The largest absolute Gasteiger partial charge is 0.435 e. The number of rotatable bonds is 8. The zero-order chi connectivity index (χ0) is 42.1. The van der Waals surface area contributed by atoms with Crippen molar-refractivity contribution in [2.24, 2.45) is 0 Å². The summed E-state index contributed by atoms with van der Waals surface area (Å²) in [5, 5.41) is 12.5. The minimum Gasteiger partial charge on any atom is -0.435 e. The SMILES string of the molecule is N#Cc1ccccc1-c1cccc(-c2ccccc2-c2nc3ccc4ccccc4c3o2)c1-c1cccc(-c2ccccc2-c2nc(-c3ccccc3)nc(-c3ccccc3)n2)c1. The first-order valence-electron chi connectivity index (χ1n) is 20.8. The van der Waals surface area contributed by atoms with Gasteiger partial charge in [0, 0.05) is 33.2 Å². The highest BCUT2D eigenvalue weighted by atomic mass is 16.3. The van der Waals surface area contributed by atoms with Crippen LogP contribution >= 0.6 is 0 Å². The van der Waals surface area contributed by atoms with Crippen molar-refractivity contribution in [3.8, 4) is 96.2 Å². The van der Waals surface area contributed by atoms with Crippen molar-refractivity contribution >= 4 is 21.9 Å². The summed E-state index contributed by atoms with van der Waals surface area (Å²) in [6, 6.07) is 74.0. The molecule has 2 heterocycles. The van der Waals surface area contributed by atoms with Gasteiger partial charge >= 0.3 is 0 Å². The van der Waals surface area contributed by atoms with Gasteiger partial charge in [-0.25, -0.2) is 19.9 Å². The summed E-state index contributed by atoms with van der Waals surface area (Å²) in [6.07, 6.45) is 0. The van der Waals surface area contributed by atoms with Crippen LogP contribution in [0.2, 0.25) is 0 Å². The van der Waals surface area contributed by atoms with Gasteiger partial charge in [-0.15, -0.1) is 0 Å². The minimum absolute atomic E-state index is 0.538. The molecule has 294 valence electrons. The van der Waals surface area contributed by atoms with Crippen LogP contribution < -0.4 is 0 Å². The topological polar surface area (TPSA) is 88.5 Å². The molecule has 0 amide bonds. The zero-order valence-corrected chi connectivity index (χ0v) is 33.9. The van der Waals surface area contributed by atoms with Crippen LogP contribution in [0.15, 0.2) is 217 Å². The average molecular weight is 806 g/mol. The van der Waals surface area contributed by atoms with Gasteiger partial charge in [-0.3, -0.25) is 0 Å². The lowest BCUT2D eigenvalue weighted by atomic mass is 9.84. The number of benzene rings is 9. The fraction of sp³-hybridized carbons (Fsp3) is 0. The summed E-state index contributed by atoms with van der Waals surface area (Å²) in [4.78, 5) is 20.2. The Labute approximate surface area is 364 Å². The second-order valence-electron chi connectivity index (χ2n) is 15.2. The molecule has 0 bridgehead atoms. The summed E-state index contributed by atoms with van der Waals surface area (Å²) in [5.41, 5.74) is 13.3. The molecule has 0 aliphatic rings. The molecule has 0 aliphatic heterocycles. The van der Waals surface area contributed by atoms with E-state index >= 15 is 0 Å². The predicted molar refractivity (Wildman–Crippen MR) is 253 cm³/mol. The molecular weight excluding hydrogens is 771 g/mol. The molecule has 0 atom stereocenters. The standard InChI is InChI=1S/C57H35N5O/c58-36-42-22-8-9-26-44(42)47-31-16-32-48(46-28-12-14-30-50(46)57-59-51-34-33-37-17-7-10-27-45(37)53(51)63-57)52(47)41-24-15-23-40(35-41)43-25-11-13-29-49(43)56-61-54(38-18-3-1-4-19-38)60-55(62-56)39-20-5-2-6-21-39/h1-35H. The van der Waals surface area contributed by atoms with E-state index in [0.717, 1.165) is 88.6 Å². The lowest BCUT2D eigenvalue weighted by molar-refractivity contribution is 0.623. The Balaban J connectivity index is 1.11. The van der Waals surface area contributed by atoms with Gasteiger partial charge in [0.15, 0.2) is 23.1 Å². The Hall–Kier alpha value is -8.79. The summed E-state index contributed by atoms with van der Waals surface area (Å²) in [5.74, 6) is 2.32. The molecule has 6 nitrogen and oxygen atoms in total. The lowest BCUT2D eigenvalue weighted by Crippen LogP contribution is -2.01. The molecule has 0 fully saturated rings. The quantitative estimate of drug-likeness (QED) is 0.152. The smallest absolute Gasteiger partial charge is 0.227 e. The van der Waals surface area contributed by atoms with Gasteiger partial charge in [-0.1, -0.05) is 188 Å². The van der Waals surface area contributed by atoms with Crippen molar-refractivity contribution in [1.82, 2.24) is 19.9 Å². The molecule has 0 saturated carbocycles. The molecule has 6 heteroatoms. The minimum atomic E-state index is 0.538. The zero-order valence-electron chi connectivity index (χ0n) is 33.9. The number of fused-ring (bicyclic) bond motifs is 3. The molecule has 63 heavy (non-hydrogen) atoms. The Morgan fingerprint density at radius 2 is 0.889 bits per heavy atom. The molecule has 0 N–H and O–H groups in total. The molecule has 11 aromatic rings. The highest BCUT2D eigenvalue weighted by Gasteiger charge is 2.22. The van der Waals surface area contributed by atoms with E-state index in [-0.39, 0.29) is 0 Å². The van der Waals surface area contributed by atoms with E-state index in [4.69, 9.17) is 24.4 Å². The summed E-state index contributed by atoms with van der Waals surface area (Å²) < 4.78 is 6.66. The van der Waals surface area contributed by atoms with Gasteiger partial charge in [-0.05, 0) is 68.6 Å². The van der Waals surface area contributed by atoms with Crippen LogP contribution in [0.1, 0.15) is 5.56 Å². The van der Waals surface area contributed by atoms with E-state index < -0.39 is 0 Å². The van der Waals surface area contributed by atoms with Crippen LogP contribution in [0.5, 0.6) is 0 Å². The molecule has 2 aromatic heterocycles. The fourth-order valence-electron chi connectivity index (χ4n) is 8.50. The van der Waals surface area contributed by atoms with E-state index in [2.05, 4.69) is 91.0 Å². The Kier molecular flexibility index (Phi) is 9.45. The van der Waals surface area contributed by atoms with Gasteiger partial charge in [0.25, 0.3) is 0 Å². The lowest BCUT2D eigenvalue weighted by Gasteiger charge is -2.19. The van der Waals surface area contributed by atoms with Gasteiger partial charge in [-0.2, -0.15) is 5.26 Å². The second kappa shape index (κ2) is 16.0. The number of aromatic nitrogens is 4. The third kappa shape index (κ3) is 6.90. The van der Waals surface area contributed by atoms with Gasteiger partial charge in [0.2, 0.25) is 5.89 Å². The molecule has 0 aliphatic carbocycles. The van der Waals surface area contributed by atoms with Crippen molar-refractivity contribution in [2.75, 3.05) is 0 Å². The predicted octanol–water partition coefficient (Wildman–Crippen LogP) is 14.4. The summed E-state index contributed by atoms with van der Waals surface area (Å²) >= 11 is 0. The monoisotopic (exact) mass is 805 g/mol. The first-order chi connectivity index (χ1) is 31.2. The van der Waals surface area contributed by atoms with Crippen LogP contribution in [0, 0.1) is 11.3 Å². The molecule has 0 saturated heterocycles. The average Bonchev–Trinajstić information content (AvgIpc) is 3.82. The van der Waals surface area contributed by atoms with E-state index in [1.165, 1.54) is 0 Å². The summed E-state index contributed by atoms with van der Waals surface area (Å²) in [6.45, 7) is 0. The number of nitrogens with zero attached hydrogens (tertiary/aromatic N) is 5. The van der Waals surface area contributed by atoms with Crippen LogP contribution in [-0.4, -0.2) is 19.9 Å². The van der Waals surface area contributed by atoms with Crippen LogP contribution in [0.3, 0.4) is 0 Å². The van der Waals surface area contributed by atoms with Crippen LogP contribution in [0.25, 0.3) is 112 Å². The number of hydrogen-bond donors (Lipinski definition) is 0. The van der Waals surface area contributed by atoms with Crippen molar-refractivity contribution in [3.05, 3.63) is 218 Å². The molecule has 9 aromatic carbocycles. The van der Waals surface area contributed by atoms with E-state index in [9.17, 15) is 5.26 Å². The number of hydrogen-bond acceptors (Lipinski definition) is 6. The van der Waals surface area contributed by atoms with Crippen LogP contribution in [-0.2, 0) is 0 Å². The van der Waals surface area contributed by atoms with E-state index in [1.54, 1.807) is 0 Å². The van der Waals surface area contributed by atoms with Crippen molar-refractivity contribution in [1.29, 1.82) is 5.26 Å². The molecular formula is C57H35N5O. The highest BCUT2D eigenvalue weighted by Crippen LogP contribution is 2.45.